The molecular weight excluding hydrogens is 484 g/mol. The van der Waals surface area contributed by atoms with Crippen molar-refractivity contribution in [2.45, 2.75) is 77.5 Å². The van der Waals surface area contributed by atoms with Crippen LogP contribution in [0, 0.1) is 11.8 Å². The maximum atomic E-state index is 13.0. The zero-order valence-electron chi connectivity index (χ0n) is 21.6. The number of nitrogens with one attached hydrogen (secondary N) is 3. The van der Waals surface area contributed by atoms with E-state index in [1.807, 2.05) is 0 Å². The van der Waals surface area contributed by atoms with Crippen LogP contribution in [0.15, 0.2) is 24.3 Å². The second kappa shape index (κ2) is 14.8. The Morgan fingerprint density at radius 2 is 1.41 bits per heavy atom. The summed E-state index contributed by atoms with van der Waals surface area (Å²) >= 11 is 0. The lowest BCUT2D eigenvalue weighted by molar-refractivity contribution is -0.144. The summed E-state index contributed by atoms with van der Waals surface area (Å²) < 4.78 is 0. The number of carboxylic acid groups (broad SMARTS) is 2. The van der Waals surface area contributed by atoms with E-state index in [0.29, 0.717) is 12.0 Å². The predicted molar refractivity (Wildman–Crippen MR) is 134 cm³/mol. The van der Waals surface area contributed by atoms with E-state index >= 15 is 0 Å². The number of carbonyl (C=O) groups is 5. The molecule has 0 aliphatic rings. The molecule has 0 saturated heterocycles. The van der Waals surface area contributed by atoms with Crippen molar-refractivity contribution in [3.8, 4) is 5.75 Å². The van der Waals surface area contributed by atoms with Crippen molar-refractivity contribution < 1.29 is 39.3 Å². The van der Waals surface area contributed by atoms with E-state index < -0.39 is 60.2 Å². The summed E-state index contributed by atoms with van der Waals surface area (Å²) in [6.07, 6.45) is -0.0453. The largest absolute Gasteiger partial charge is 0.508 e. The van der Waals surface area contributed by atoms with Gasteiger partial charge < -0.3 is 37.0 Å². The topological polar surface area (TPSA) is 208 Å². The van der Waals surface area contributed by atoms with Crippen LogP contribution in [0.3, 0.4) is 0 Å². The van der Waals surface area contributed by atoms with Gasteiger partial charge in [-0.2, -0.15) is 0 Å². The van der Waals surface area contributed by atoms with E-state index in [0.717, 1.165) is 0 Å². The van der Waals surface area contributed by atoms with E-state index in [2.05, 4.69) is 16.0 Å². The molecule has 12 heteroatoms. The molecule has 0 aromatic heterocycles. The van der Waals surface area contributed by atoms with Crippen molar-refractivity contribution >= 4 is 29.7 Å². The first-order chi connectivity index (χ1) is 17.2. The monoisotopic (exact) mass is 522 g/mol. The summed E-state index contributed by atoms with van der Waals surface area (Å²) in [7, 11) is 0. The summed E-state index contributed by atoms with van der Waals surface area (Å²) in [4.78, 5) is 61.5. The maximum absolute atomic E-state index is 13.0. The second-order valence-electron chi connectivity index (χ2n) is 9.54. The first-order valence-corrected chi connectivity index (χ1v) is 12.1. The number of carbonyl (C=O) groups excluding carboxylic acids is 3. The molecule has 1 rings (SSSR count). The van der Waals surface area contributed by atoms with E-state index in [-0.39, 0.29) is 30.4 Å². The quantitative estimate of drug-likeness (QED) is 0.169. The van der Waals surface area contributed by atoms with Gasteiger partial charge in [-0.15, -0.1) is 0 Å². The van der Waals surface area contributed by atoms with E-state index in [1.54, 1.807) is 39.8 Å². The van der Waals surface area contributed by atoms with Crippen molar-refractivity contribution in [3.05, 3.63) is 29.8 Å². The van der Waals surface area contributed by atoms with Gasteiger partial charge in [-0.3, -0.25) is 19.2 Å². The zero-order chi connectivity index (χ0) is 28.3. The summed E-state index contributed by atoms with van der Waals surface area (Å²) in [5, 5.41) is 35.4. The van der Waals surface area contributed by atoms with Gasteiger partial charge in [-0.05, 0) is 42.4 Å². The molecule has 12 nitrogen and oxygen atoms in total. The Morgan fingerprint density at radius 1 is 0.865 bits per heavy atom. The fourth-order valence-corrected chi connectivity index (χ4v) is 3.55. The highest BCUT2D eigenvalue weighted by Crippen LogP contribution is 2.12. The summed E-state index contributed by atoms with van der Waals surface area (Å²) in [5.74, 6) is -5.39. The van der Waals surface area contributed by atoms with Gasteiger partial charge in [-0.1, -0.05) is 46.2 Å². The minimum atomic E-state index is -1.52. The van der Waals surface area contributed by atoms with Crippen molar-refractivity contribution in [1.29, 1.82) is 0 Å². The molecule has 0 aliphatic heterocycles. The Labute approximate surface area is 216 Å². The van der Waals surface area contributed by atoms with E-state index in [4.69, 9.17) is 5.73 Å². The van der Waals surface area contributed by atoms with Crippen LogP contribution in [0.2, 0.25) is 0 Å². The van der Waals surface area contributed by atoms with Crippen LogP contribution < -0.4 is 21.7 Å². The molecule has 0 saturated carbocycles. The van der Waals surface area contributed by atoms with Crippen LogP contribution in [0.5, 0.6) is 5.75 Å². The molecule has 0 spiro atoms. The zero-order valence-corrected chi connectivity index (χ0v) is 21.6. The van der Waals surface area contributed by atoms with E-state index in [1.165, 1.54) is 12.1 Å². The number of phenols is 1. The first kappa shape index (κ1) is 31.4. The number of aliphatic carboxylic acids is 2. The number of carboxylic acids is 2. The van der Waals surface area contributed by atoms with Crippen molar-refractivity contribution in [3.63, 3.8) is 0 Å². The number of aromatic hydroxyl groups is 1. The van der Waals surface area contributed by atoms with Crippen LogP contribution in [-0.2, 0) is 30.4 Å². The standard InChI is InChI=1S/C25H38N4O8/c1-5-14(4)21(25(36)37)29-24(35)18(10-13(2)3)28-23(34)19(12-20(31)32)27-22(33)17(26)11-15-6-8-16(30)9-7-15/h6-9,13-14,17-19,21,30H,5,10-12,26H2,1-4H3,(H,27,33)(H,28,34)(H,29,35)(H,31,32)(H,36,37). The third-order valence-corrected chi connectivity index (χ3v) is 5.86. The lowest BCUT2D eigenvalue weighted by atomic mass is 9.97. The molecule has 0 aliphatic carbocycles. The highest BCUT2D eigenvalue weighted by Gasteiger charge is 2.33. The molecule has 5 atom stereocenters. The molecule has 37 heavy (non-hydrogen) atoms. The number of nitrogens with two attached hydrogens (primary N) is 1. The Morgan fingerprint density at radius 3 is 1.89 bits per heavy atom. The number of rotatable bonds is 15. The van der Waals surface area contributed by atoms with Gasteiger partial charge in [0.25, 0.3) is 0 Å². The Balaban J connectivity index is 2.99. The van der Waals surface area contributed by atoms with Gasteiger partial charge in [0.05, 0.1) is 12.5 Å². The molecule has 0 fully saturated rings. The molecular formula is C25H38N4O8. The highest BCUT2D eigenvalue weighted by atomic mass is 16.4. The van der Waals surface area contributed by atoms with Crippen molar-refractivity contribution in [2.24, 2.45) is 17.6 Å². The normalized spacial score (nSPS) is 15.1. The molecule has 1 aromatic rings. The van der Waals surface area contributed by atoms with Crippen LogP contribution in [0.1, 0.15) is 52.5 Å². The highest BCUT2D eigenvalue weighted by molar-refractivity contribution is 5.95. The fraction of sp³-hybridized carbons (Fsp3) is 0.560. The van der Waals surface area contributed by atoms with Crippen molar-refractivity contribution in [1.82, 2.24) is 16.0 Å². The van der Waals surface area contributed by atoms with Gasteiger partial charge in [0.1, 0.15) is 23.9 Å². The third kappa shape index (κ3) is 10.9. The number of benzene rings is 1. The fourth-order valence-electron chi connectivity index (χ4n) is 3.55. The summed E-state index contributed by atoms with van der Waals surface area (Å²) in [6, 6.07) is 1.03. The molecule has 0 bridgehead atoms. The number of hydrogen-bond donors (Lipinski definition) is 7. The van der Waals surface area contributed by atoms with Gasteiger partial charge in [0, 0.05) is 0 Å². The molecule has 5 unspecified atom stereocenters. The lowest BCUT2D eigenvalue weighted by Crippen LogP contribution is -2.58. The Hall–Kier alpha value is -3.67. The smallest absolute Gasteiger partial charge is 0.326 e. The average Bonchev–Trinajstić information content (AvgIpc) is 2.81. The van der Waals surface area contributed by atoms with Gasteiger partial charge >= 0.3 is 11.9 Å². The van der Waals surface area contributed by atoms with Crippen molar-refractivity contribution in [2.75, 3.05) is 0 Å². The van der Waals surface area contributed by atoms with Gasteiger partial charge in [0.15, 0.2) is 0 Å². The van der Waals surface area contributed by atoms with Crippen LogP contribution >= 0.6 is 0 Å². The first-order valence-electron chi connectivity index (χ1n) is 12.1. The molecule has 8 N–H and O–H groups in total. The van der Waals surface area contributed by atoms with Gasteiger partial charge in [0.2, 0.25) is 17.7 Å². The van der Waals surface area contributed by atoms with Crippen LogP contribution in [-0.4, -0.2) is 69.1 Å². The number of hydrogen-bond acceptors (Lipinski definition) is 7. The van der Waals surface area contributed by atoms with Gasteiger partial charge in [-0.25, -0.2) is 4.79 Å². The Kier molecular flexibility index (Phi) is 12.5. The summed E-state index contributed by atoms with van der Waals surface area (Å²) in [5.41, 5.74) is 6.57. The molecule has 206 valence electrons. The van der Waals surface area contributed by atoms with Crippen LogP contribution in [0.4, 0.5) is 0 Å². The minimum Gasteiger partial charge on any atom is -0.508 e. The maximum Gasteiger partial charge on any atom is 0.326 e. The predicted octanol–water partition coefficient (Wildman–Crippen LogP) is 0.368. The summed E-state index contributed by atoms with van der Waals surface area (Å²) in [6.45, 7) is 7.06. The molecule has 3 amide bonds. The average molecular weight is 523 g/mol. The third-order valence-electron chi connectivity index (χ3n) is 5.86. The van der Waals surface area contributed by atoms with Crippen LogP contribution in [0.25, 0.3) is 0 Å². The minimum absolute atomic E-state index is 0.0405. The number of amides is 3. The molecule has 0 heterocycles. The number of phenolic OH excluding ortho intramolecular Hbond substituents is 1. The Bertz CT molecular complexity index is 951. The lowest BCUT2D eigenvalue weighted by Gasteiger charge is -2.27. The molecule has 0 radical (unpaired) electrons. The molecule has 1 aromatic carbocycles. The van der Waals surface area contributed by atoms with E-state index in [9.17, 15) is 39.3 Å². The SMILES string of the molecule is CCC(C)C(NC(=O)C(CC(C)C)NC(=O)C(CC(=O)O)NC(=O)C(N)Cc1ccc(O)cc1)C(=O)O. The second-order valence-corrected chi connectivity index (χ2v) is 9.54.